The number of ether oxygens (including phenoxy) is 1. The van der Waals surface area contributed by atoms with E-state index in [4.69, 9.17) is 0 Å². The van der Waals surface area contributed by atoms with Crippen LogP contribution in [0.25, 0.3) is 0 Å². The lowest BCUT2D eigenvalue weighted by Gasteiger charge is -2.33. The molecule has 0 aliphatic heterocycles. The maximum Gasteiger partial charge on any atom is 0.352 e. The fourth-order valence-electron chi connectivity index (χ4n) is 2.38. The van der Waals surface area contributed by atoms with Gasteiger partial charge in [-0.15, -0.1) is 0 Å². The average molecular weight is 264 g/mol. The van der Waals surface area contributed by atoms with E-state index in [1.807, 2.05) is 0 Å². The van der Waals surface area contributed by atoms with Crippen LogP contribution in [-0.4, -0.2) is 30.3 Å². The number of methoxy groups -OCH3 is 1. The molecule has 4 nitrogen and oxygen atoms in total. The van der Waals surface area contributed by atoms with Gasteiger partial charge < -0.3 is 4.74 Å². The zero-order chi connectivity index (χ0) is 14.0. The van der Waals surface area contributed by atoms with Crippen molar-refractivity contribution in [2.75, 3.05) is 7.11 Å². The van der Waals surface area contributed by atoms with Gasteiger partial charge in [-0.1, -0.05) is 30.3 Å². The van der Waals surface area contributed by atoms with Gasteiger partial charge in [0.1, 0.15) is 5.78 Å². The Morgan fingerprint density at radius 2 is 1.95 bits per heavy atom. The highest BCUT2D eigenvalue weighted by molar-refractivity contribution is 6.17. The van der Waals surface area contributed by atoms with Crippen LogP contribution in [0.1, 0.15) is 24.3 Å². The van der Waals surface area contributed by atoms with Crippen molar-refractivity contribution >= 4 is 17.5 Å². The third kappa shape index (κ3) is 2.16. The lowest BCUT2D eigenvalue weighted by molar-refractivity contribution is -0.164. The van der Waals surface area contributed by atoms with Crippen LogP contribution < -0.4 is 0 Å². The van der Waals surface area contributed by atoms with Crippen LogP contribution in [-0.2, 0) is 19.1 Å². The van der Waals surface area contributed by atoms with Crippen molar-refractivity contribution in [2.45, 2.75) is 24.4 Å². The number of rotatable bonds is 2. The molecule has 1 aliphatic rings. The van der Waals surface area contributed by atoms with Gasteiger partial charge in [0.15, 0.2) is 5.78 Å². The minimum absolute atomic E-state index is 0.179. The first kappa shape index (κ1) is 13.4. The molecule has 0 heterocycles. The number of carbonyl (C=O) groups is 3. The predicted octanol–water partition coefficient (Wildman–Crippen LogP) is 1.58. The molecule has 1 fully saturated rings. The minimum atomic E-state index is -2.77. The molecular formula is C14H13FO4. The van der Waals surface area contributed by atoms with E-state index in [1.165, 1.54) is 0 Å². The quantitative estimate of drug-likeness (QED) is 0.601. The number of benzene rings is 1. The van der Waals surface area contributed by atoms with Crippen molar-refractivity contribution < 1.29 is 23.5 Å². The summed E-state index contributed by atoms with van der Waals surface area (Å²) in [4.78, 5) is 35.0. The van der Waals surface area contributed by atoms with Gasteiger partial charge >= 0.3 is 5.97 Å². The molecule has 1 aliphatic carbocycles. The Balaban J connectivity index is 2.50. The van der Waals surface area contributed by atoms with Crippen molar-refractivity contribution in [2.24, 2.45) is 0 Å². The molecular weight excluding hydrogens is 251 g/mol. The van der Waals surface area contributed by atoms with Gasteiger partial charge in [-0.2, -0.15) is 0 Å². The monoisotopic (exact) mass is 264 g/mol. The van der Waals surface area contributed by atoms with Crippen LogP contribution in [0.15, 0.2) is 30.3 Å². The zero-order valence-corrected chi connectivity index (χ0v) is 10.4. The van der Waals surface area contributed by atoms with Gasteiger partial charge in [0.05, 0.1) is 13.5 Å². The van der Waals surface area contributed by atoms with Gasteiger partial charge in [0.2, 0.25) is 0 Å². The lowest BCUT2D eigenvalue weighted by Crippen LogP contribution is -2.52. The van der Waals surface area contributed by atoms with E-state index < -0.39 is 29.8 Å². The van der Waals surface area contributed by atoms with Crippen LogP contribution in [0.2, 0.25) is 0 Å². The summed E-state index contributed by atoms with van der Waals surface area (Å²) >= 11 is 0. The second-order valence-corrected chi connectivity index (χ2v) is 4.51. The SMILES string of the molecule is COC(=O)C1(F)C(=O)CC(=O)CC1c1ccccc1. The first-order valence-corrected chi connectivity index (χ1v) is 5.87. The molecule has 2 rings (SSSR count). The van der Waals surface area contributed by atoms with Gasteiger partial charge in [0.25, 0.3) is 5.67 Å². The van der Waals surface area contributed by atoms with E-state index in [9.17, 15) is 18.8 Å². The van der Waals surface area contributed by atoms with Crippen molar-refractivity contribution in [1.29, 1.82) is 0 Å². The molecule has 0 N–H and O–H groups in total. The van der Waals surface area contributed by atoms with Crippen LogP contribution in [0.5, 0.6) is 0 Å². The Labute approximate surface area is 109 Å². The van der Waals surface area contributed by atoms with Crippen LogP contribution in [0.3, 0.4) is 0 Å². The molecule has 0 amide bonds. The molecule has 1 aromatic carbocycles. The summed E-state index contributed by atoms with van der Waals surface area (Å²) in [5.74, 6) is -3.74. The van der Waals surface area contributed by atoms with Crippen LogP contribution in [0.4, 0.5) is 4.39 Å². The second-order valence-electron chi connectivity index (χ2n) is 4.51. The highest BCUT2D eigenvalue weighted by Crippen LogP contribution is 2.41. The number of carbonyl (C=O) groups excluding carboxylic acids is 3. The summed E-state index contributed by atoms with van der Waals surface area (Å²) in [6, 6.07) is 8.24. The summed E-state index contributed by atoms with van der Waals surface area (Å²) < 4.78 is 19.3. The summed E-state index contributed by atoms with van der Waals surface area (Å²) in [7, 11) is 1.02. The highest BCUT2D eigenvalue weighted by atomic mass is 19.1. The van der Waals surface area contributed by atoms with Gasteiger partial charge in [-0.25, -0.2) is 9.18 Å². The normalized spacial score (nSPS) is 27.2. The lowest BCUT2D eigenvalue weighted by atomic mass is 9.72. The molecule has 2 atom stereocenters. The van der Waals surface area contributed by atoms with Crippen molar-refractivity contribution in [3.63, 3.8) is 0 Å². The van der Waals surface area contributed by atoms with Crippen molar-refractivity contribution in [1.82, 2.24) is 0 Å². The van der Waals surface area contributed by atoms with Gasteiger partial charge in [0, 0.05) is 12.3 Å². The van der Waals surface area contributed by atoms with E-state index in [2.05, 4.69) is 4.74 Å². The van der Waals surface area contributed by atoms with Crippen LogP contribution in [0, 0.1) is 0 Å². The molecule has 1 saturated carbocycles. The molecule has 0 spiro atoms. The third-order valence-corrected chi connectivity index (χ3v) is 3.36. The molecule has 19 heavy (non-hydrogen) atoms. The number of ketones is 2. The first-order valence-electron chi connectivity index (χ1n) is 5.87. The molecule has 5 heteroatoms. The molecule has 0 aromatic heterocycles. The number of hydrogen-bond acceptors (Lipinski definition) is 4. The van der Waals surface area contributed by atoms with Gasteiger partial charge in [-0.05, 0) is 5.56 Å². The molecule has 2 unspecified atom stereocenters. The Morgan fingerprint density at radius 1 is 1.32 bits per heavy atom. The molecule has 100 valence electrons. The number of esters is 1. The third-order valence-electron chi connectivity index (χ3n) is 3.36. The topological polar surface area (TPSA) is 60.4 Å². The molecule has 0 radical (unpaired) electrons. The Morgan fingerprint density at radius 3 is 2.53 bits per heavy atom. The summed E-state index contributed by atoms with van der Waals surface area (Å²) in [5.41, 5.74) is -2.33. The van der Waals surface area contributed by atoms with E-state index in [1.54, 1.807) is 30.3 Å². The maximum atomic E-state index is 14.9. The van der Waals surface area contributed by atoms with Crippen LogP contribution >= 0.6 is 0 Å². The molecule has 1 aromatic rings. The number of Topliss-reactive ketones (excluding diaryl/α,β-unsaturated/α-hetero) is 2. The minimum Gasteiger partial charge on any atom is -0.466 e. The van der Waals surface area contributed by atoms with Gasteiger partial charge in [-0.3, -0.25) is 9.59 Å². The maximum absolute atomic E-state index is 14.9. The summed E-state index contributed by atoms with van der Waals surface area (Å²) in [5, 5.41) is 0. The largest absolute Gasteiger partial charge is 0.466 e. The summed E-state index contributed by atoms with van der Waals surface area (Å²) in [6.45, 7) is 0. The molecule has 0 saturated heterocycles. The van der Waals surface area contributed by atoms with E-state index in [0.29, 0.717) is 5.56 Å². The average Bonchev–Trinajstić information content (AvgIpc) is 2.42. The van der Waals surface area contributed by atoms with Crippen molar-refractivity contribution in [3.05, 3.63) is 35.9 Å². The number of halogens is 1. The highest BCUT2D eigenvalue weighted by Gasteiger charge is 2.57. The van der Waals surface area contributed by atoms with E-state index in [0.717, 1.165) is 7.11 Å². The van der Waals surface area contributed by atoms with E-state index >= 15 is 0 Å². The smallest absolute Gasteiger partial charge is 0.352 e. The second kappa shape index (κ2) is 4.91. The number of alkyl halides is 1. The fourth-order valence-corrected chi connectivity index (χ4v) is 2.38. The Kier molecular flexibility index (Phi) is 3.46. The fraction of sp³-hybridized carbons (Fsp3) is 0.357. The number of hydrogen-bond donors (Lipinski definition) is 0. The molecule has 0 bridgehead atoms. The standard InChI is InChI=1S/C14H13FO4/c1-19-13(18)14(15)11(7-10(16)8-12(14)17)9-5-3-2-4-6-9/h2-6,11H,7-8H2,1H3. The van der Waals surface area contributed by atoms with Crippen molar-refractivity contribution in [3.8, 4) is 0 Å². The Bertz CT molecular complexity index is 526. The summed E-state index contributed by atoms with van der Waals surface area (Å²) in [6.07, 6.45) is -0.740. The zero-order valence-electron chi connectivity index (χ0n) is 10.4. The van der Waals surface area contributed by atoms with E-state index in [-0.39, 0.29) is 12.2 Å². The predicted molar refractivity (Wildman–Crippen MR) is 64.3 cm³/mol. The first-order chi connectivity index (χ1) is 9.00. The Hall–Kier alpha value is -2.04.